The predicted molar refractivity (Wildman–Crippen MR) is 87.6 cm³/mol. The van der Waals surface area contributed by atoms with Gasteiger partial charge >= 0.3 is 0 Å². The van der Waals surface area contributed by atoms with Gasteiger partial charge in [0.2, 0.25) is 0 Å². The van der Waals surface area contributed by atoms with Crippen molar-refractivity contribution in [3.63, 3.8) is 0 Å². The monoisotopic (exact) mass is 289 g/mol. The van der Waals surface area contributed by atoms with Crippen LogP contribution in [0.25, 0.3) is 5.69 Å². The molecule has 1 N–H and O–H groups in total. The molecule has 1 atom stereocenters. The molecule has 0 aliphatic heterocycles. The maximum absolute atomic E-state index is 4.49. The van der Waals surface area contributed by atoms with Gasteiger partial charge in [0.15, 0.2) is 0 Å². The van der Waals surface area contributed by atoms with E-state index in [9.17, 15) is 0 Å². The number of hydrogen-bond acceptors (Lipinski definition) is 3. The van der Waals surface area contributed by atoms with Crippen LogP contribution in [0.3, 0.4) is 0 Å². The molecule has 20 heavy (non-hydrogen) atoms. The molecule has 108 valence electrons. The maximum atomic E-state index is 4.49. The average Bonchev–Trinajstić information content (AvgIpc) is 2.97. The highest BCUT2D eigenvalue weighted by Gasteiger charge is 2.16. The number of para-hydroxylation sites is 1. The molecule has 0 saturated heterocycles. The zero-order valence-electron chi connectivity index (χ0n) is 12.2. The molecule has 3 nitrogen and oxygen atoms in total. The van der Waals surface area contributed by atoms with Crippen LogP contribution in [-0.4, -0.2) is 27.8 Å². The van der Waals surface area contributed by atoms with Gasteiger partial charge in [-0.15, -0.1) is 0 Å². The number of nitrogens with one attached hydrogen (secondary N) is 1. The van der Waals surface area contributed by atoms with Gasteiger partial charge in [0.25, 0.3) is 0 Å². The predicted octanol–water partition coefficient (Wildman–Crippen LogP) is 3.67. The van der Waals surface area contributed by atoms with Gasteiger partial charge in [0.1, 0.15) is 0 Å². The summed E-state index contributed by atoms with van der Waals surface area (Å²) in [7, 11) is 0. The van der Waals surface area contributed by atoms with E-state index in [2.05, 4.69) is 54.6 Å². The van der Waals surface area contributed by atoms with Gasteiger partial charge in [-0.25, -0.2) is 4.68 Å². The summed E-state index contributed by atoms with van der Waals surface area (Å²) in [6.07, 6.45) is 3.11. The molecule has 0 aliphatic rings. The number of rotatable bonds is 8. The van der Waals surface area contributed by atoms with E-state index in [4.69, 9.17) is 0 Å². The summed E-state index contributed by atoms with van der Waals surface area (Å²) in [5, 5.41) is 8.06. The van der Waals surface area contributed by atoms with Crippen molar-refractivity contribution < 1.29 is 0 Å². The molecule has 0 bridgehead atoms. The average molecular weight is 289 g/mol. The molecule has 0 amide bonds. The molecule has 1 aromatic heterocycles. The molecular formula is C16H23N3S. The Labute approximate surface area is 125 Å². The first-order chi connectivity index (χ1) is 9.86. The summed E-state index contributed by atoms with van der Waals surface area (Å²) in [4.78, 5) is 0. The van der Waals surface area contributed by atoms with E-state index in [-0.39, 0.29) is 0 Å². The van der Waals surface area contributed by atoms with Crippen molar-refractivity contribution >= 4 is 11.8 Å². The molecule has 0 saturated carbocycles. The quantitative estimate of drug-likeness (QED) is 0.752. The van der Waals surface area contributed by atoms with Crippen LogP contribution in [0.15, 0.2) is 42.6 Å². The maximum Gasteiger partial charge on any atom is 0.0649 e. The van der Waals surface area contributed by atoms with E-state index in [0.717, 1.165) is 18.0 Å². The lowest BCUT2D eigenvalue weighted by Gasteiger charge is -2.19. The van der Waals surface area contributed by atoms with E-state index >= 15 is 0 Å². The minimum Gasteiger partial charge on any atom is -0.308 e. The first-order valence-electron chi connectivity index (χ1n) is 7.27. The Morgan fingerprint density at radius 2 is 2.00 bits per heavy atom. The van der Waals surface area contributed by atoms with Crippen LogP contribution in [0.2, 0.25) is 0 Å². The van der Waals surface area contributed by atoms with Crippen molar-refractivity contribution in [1.29, 1.82) is 0 Å². The molecule has 1 aromatic carbocycles. The Morgan fingerprint density at radius 1 is 1.20 bits per heavy atom. The van der Waals surface area contributed by atoms with Crippen molar-refractivity contribution in [1.82, 2.24) is 15.1 Å². The van der Waals surface area contributed by atoms with E-state index < -0.39 is 0 Å². The molecule has 0 fully saturated rings. The smallest absolute Gasteiger partial charge is 0.0649 e. The Bertz CT molecular complexity index is 495. The number of aromatic nitrogens is 2. The van der Waals surface area contributed by atoms with E-state index in [1.807, 2.05) is 28.7 Å². The number of hydrogen-bond donors (Lipinski definition) is 1. The minimum atomic E-state index is 0.347. The van der Waals surface area contributed by atoms with Crippen LogP contribution < -0.4 is 5.32 Å². The van der Waals surface area contributed by atoms with E-state index in [1.54, 1.807) is 0 Å². The van der Waals surface area contributed by atoms with Crippen molar-refractivity contribution in [2.75, 3.05) is 18.1 Å². The first kappa shape index (κ1) is 15.1. The summed E-state index contributed by atoms with van der Waals surface area (Å²) in [6, 6.07) is 12.8. The molecule has 4 heteroatoms. The zero-order valence-corrected chi connectivity index (χ0v) is 13.1. The lowest BCUT2D eigenvalue weighted by molar-refractivity contribution is 0.571. The topological polar surface area (TPSA) is 29.9 Å². The van der Waals surface area contributed by atoms with Crippen LogP contribution in [0.5, 0.6) is 0 Å². The Hall–Kier alpha value is -1.26. The summed E-state index contributed by atoms with van der Waals surface area (Å²) in [5.41, 5.74) is 2.36. The van der Waals surface area contributed by atoms with Gasteiger partial charge in [-0.1, -0.05) is 32.0 Å². The SMILES string of the molecule is CCCSCC(NCC)c1ccnn1-c1ccccc1. The van der Waals surface area contributed by atoms with Gasteiger partial charge in [-0.2, -0.15) is 16.9 Å². The molecular weight excluding hydrogens is 266 g/mol. The van der Waals surface area contributed by atoms with Gasteiger partial charge in [-0.05, 0) is 36.9 Å². The lowest BCUT2D eigenvalue weighted by atomic mass is 10.2. The highest BCUT2D eigenvalue weighted by Crippen LogP contribution is 2.21. The molecule has 0 radical (unpaired) electrons. The zero-order chi connectivity index (χ0) is 14.2. The molecule has 0 spiro atoms. The number of benzene rings is 1. The summed E-state index contributed by atoms with van der Waals surface area (Å²) >= 11 is 2.00. The highest BCUT2D eigenvalue weighted by atomic mass is 32.2. The van der Waals surface area contributed by atoms with Crippen molar-refractivity contribution in [3.05, 3.63) is 48.3 Å². The minimum absolute atomic E-state index is 0.347. The largest absolute Gasteiger partial charge is 0.308 e. The second-order valence-corrected chi connectivity index (χ2v) is 5.84. The third kappa shape index (κ3) is 3.87. The van der Waals surface area contributed by atoms with Gasteiger partial charge in [0.05, 0.1) is 17.4 Å². The van der Waals surface area contributed by atoms with Crippen LogP contribution in [0.4, 0.5) is 0 Å². The third-order valence-corrected chi connectivity index (χ3v) is 4.38. The molecule has 1 unspecified atom stereocenters. The third-order valence-electron chi connectivity index (χ3n) is 3.11. The van der Waals surface area contributed by atoms with Crippen molar-refractivity contribution in [2.45, 2.75) is 26.3 Å². The molecule has 1 heterocycles. The van der Waals surface area contributed by atoms with Gasteiger partial charge < -0.3 is 5.32 Å². The fourth-order valence-electron chi connectivity index (χ4n) is 2.20. The fourth-order valence-corrected chi connectivity index (χ4v) is 3.18. The first-order valence-corrected chi connectivity index (χ1v) is 8.42. The summed E-state index contributed by atoms with van der Waals surface area (Å²) in [6.45, 7) is 5.35. The summed E-state index contributed by atoms with van der Waals surface area (Å²) < 4.78 is 2.04. The molecule has 2 aromatic rings. The van der Waals surface area contributed by atoms with Crippen LogP contribution in [0, 0.1) is 0 Å². The normalized spacial score (nSPS) is 12.5. The molecule has 0 aliphatic carbocycles. The van der Waals surface area contributed by atoms with E-state index in [1.165, 1.54) is 17.9 Å². The van der Waals surface area contributed by atoms with Gasteiger partial charge in [0, 0.05) is 11.9 Å². The fraction of sp³-hybridized carbons (Fsp3) is 0.438. The Balaban J connectivity index is 2.19. The standard InChI is InChI=1S/C16H23N3S/c1-3-12-20-13-15(17-4-2)16-10-11-18-19(16)14-8-6-5-7-9-14/h5-11,15,17H,3-4,12-13H2,1-2H3. The number of nitrogens with zero attached hydrogens (tertiary/aromatic N) is 2. The van der Waals surface area contributed by atoms with E-state index in [0.29, 0.717) is 6.04 Å². The van der Waals surface area contributed by atoms with Crippen molar-refractivity contribution in [2.24, 2.45) is 0 Å². The van der Waals surface area contributed by atoms with Crippen LogP contribution >= 0.6 is 11.8 Å². The van der Waals surface area contributed by atoms with Crippen LogP contribution in [-0.2, 0) is 0 Å². The highest BCUT2D eigenvalue weighted by molar-refractivity contribution is 7.99. The second-order valence-electron chi connectivity index (χ2n) is 4.69. The second kappa shape index (κ2) is 8.12. The number of thioether (sulfide) groups is 1. The van der Waals surface area contributed by atoms with Crippen LogP contribution in [0.1, 0.15) is 32.0 Å². The Kier molecular flexibility index (Phi) is 6.15. The molecule has 2 rings (SSSR count). The lowest BCUT2D eigenvalue weighted by Crippen LogP contribution is -2.25. The Morgan fingerprint density at radius 3 is 2.70 bits per heavy atom. The summed E-state index contributed by atoms with van der Waals surface area (Å²) in [5.74, 6) is 2.29. The van der Waals surface area contributed by atoms with Crippen molar-refractivity contribution in [3.8, 4) is 5.69 Å². The van der Waals surface area contributed by atoms with Gasteiger partial charge in [-0.3, -0.25) is 0 Å².